The number of carbonyl (C=O) groups is 1. The largest absolute Gasteiger partial charge is 0.321 e. The Morgan fingerprint density at radius 3 is 2.44 bits per heavy atom. The predicted octanol–water partition coefficient (Wildman–Crippen LogP) is 1.53. The fraction of sp³-hybridized carbons (Fsp3) is 0.923. The van der Waals surface area contributed by atoms with Crippen molar-refractivity contribution < 1.29 is 13.2 Å². The van der Waals surface area contributed by atoms with Gasteiger partial charge in [0.1, 0.15) is 9.84 Å². The molecule has 4 nitrogen and oxygen atoms in total. The summed E-state index contributed by atoms with van der Waals surface area (Å²) in [6, 6.07) is -0.437. The molecule has 5 heteroatoms. The minimum atomic E-state index is -3.03. The van der Waals surface area contributed by atoms with E-state index in [0.29, 0.717) is 25.2 Å². The zero-order valence-electron chi connectivity index (χ0n) is 11.6. The summed E-state index contributed by atoms with van der Waals surface area (Å²) in [6.45, 7) is 4.07. The lowest BCUT2D eigenvalue weighted by molar-refractivity contribution is -0.125. The van der Waals surface area contributed by atoms with E-state index in [-0.39, 0.29) is 17.0 Å². The SMILES string of the molecule is CC(C)CC(N)C(=O)C1CCCC(S(C)(=O)=O)C1. The molecule has 0 aromatic heterocycles. The highest BCUT2D eigenvalue weighted by atomic mass is 32.2. The van der Waals surface area contributed by atoms with Gasteiger partial charge >= 0.3 is 0 Å². The summed E-state index contributed by atoms with van der Waals surface area (Å²) in [6.07, 6.45) is 4.68. The van der Waals surface area contributed by atoms with Gasteiger partial charge in [-0.1, -0.05) is 20.3 Å². The van der Waals surface area contributed by atoms with E-state index in [1.165, 1.54) is 6.26 Å². The van der Waals surface area contributed by atoms with Crippen molar-refractivity contribution in [2.24, 2.45) is 17.6 Å². The molecule has 0 aromatic carbocycles. The van der Waals surface area contributed by atoms with Gasteiger partial charge in [-0.15, -0.1) is 0 Å². The summed E-state index contributed by atoms with van der Waals surface area (Å²) < 4.78 is 23.1. The average Bonchev–Trinajstić information content (AvgIpc) is 2.26. The fourth-order valence-electron chi connectivity index (χ4n) is 2.72. The molecule has 0 heterocycles. The number of Topliss-reactive ketones (excluding diaryl/α,β-unsaturated/α-hetero) is 1. The predicted molar refractivity (Wildman–Crippen MR) is 73.0 cm³/mol. The molecular formula is C13H25NO3S. The zero-order valence-corrected chi connectivity index (χ0v) is 12.4. The lowest BCUT2D eigenvalue weighted by Gasteiger charge is -2.29. The van der Waals surface area contributed by atoms with Crippen molar-refractivity contribution in [3.8, 4) is 0 Å². The highest BCUT2D eigenvalue weighted by Gasteiger charge is 2.34. The van der Waals surface area contributed by atoms with Crippen LogP contribution in [-0.4, -0.2) is 31.7 Å². The molecule has 3 unspecified atom stereocenters. The second kappa shape index (κ2) is 6.15. The van der Waals surface area contributed by atoms with Gasteiger partial charge in [0.05, 0.1) is 11.3 Å². The molecule has 1 rings (SSSR count). The summed E-state index contributed by atoms with van der Waals surface area (Å²) in [7, 11) is -3.03. The van der Waals surface area contributed by atoms with Crippen molar-refractivity contribution in [1.29, 1.82) is 0 Å². The molecular weight excluding hydrogens is 250 g/mol. The number of rotatable bonds is 5. The Labute approximate surface area is 110 Å². The van der Waals surface area contributed by atoms with Gasteiger partial charge in [0.25, 0.3) is 0 Å². The smallest absolute Gasteiger partial charge is 0.152 e. The van der Waals surface area contributed by atoms with Crippen LogP contribution in [-0.2, 0) is 14.6 Å². The van der Waals surface area contributed by atoms with Crippen LogP contribution < -0.4 is 5.73 Å². The summed E-state index contributed by atoms with van der Waals surface area (Å²) in [4.78, 5) is 12.2. The van der Waals surface area contributed by atoms with Crippen molar-refractivity contribution in [1.82, 2.24) is 0 Å². The van der Waals surface area contributed by atoms with Crippen molar-refractivity contribution in [3.63, 3.8) is 0 Å². The number of carbonyl (C=O) groups excluding carboxylic acids is 1. The highest BCUT2D eigenvalue weighted by molar-refractivity contribution is 7.91. The van der Waals surface area contributed by atoms with Crippen LogP contribution in [0.1, 0.15) is 46.0 Å². The minimum absolute atomic E-state index is 0.0528. The molecule has 3 atom stereocenters. The van der Waals surface area contributed by atoms with E-state index in [0.717, 1.165) is 12.8 Å². The van der Waals surface area contributed by atoms with Crippen LogP contribution in [0.25, 0.3) is 0 Å². The molecule has 1 saturated carbocycles. The average molecular weight is 275 g/mol. The summed E-state index contributed by atoms with van der Waals surface area (Å²) >= 11 is 0. The third kappa shape index (κ3) is 4.35. The molecule has 1 aliphatic carbocycles. The summed E-state index contributed by atoms with van der Waals surface area (Å²) in [5, 5.41) is -0.355. The maximum Gasteiger partial charge on any atom is 0.152 e. The number of hydrogen-bond acceptors (Lipinski definition) is 4. The van der Waals surface area contributed by atoms with E-state index < -0.39 is 15.9 Å². The molecule has 0 saturated heterocycles. The first-order valence-corrected chi connectivity index (χ1v) is 8.65. The second-order valence-corrected chi connectivity index (χ2v) is 8.28. The summed E-state index contributed by atoms with van der Waals surface area (Å²) in [5.74, 6) is 0.280. The zero-order chi connectivity index (χ0) is 13.9. The molecule has 2 N–H and O–H groups in total. The van der Waals surface area contributed by atoms with E-state index in [9.17, 15) is 13.2 Å². The number of sulfone groups is 1. The van der Waals surface area contributed by atoms with Gasteiger partial charge in [0, 0.05) is 12.2 Å². The standard InChI is InChI=1S/C13H25NO3S/c1-9(2)7-12(14)13(15)10-5-4-6-11(8-10)18(3,16)17/h9-12H,4-8,14H2,1-3H3. The van der Waals surface area contributed by atoms with Crippen LogP contribution >= 0.6 is 0 Å². The van der Waals surface area contributed by atoms with E-state index in [4.69, 9.17) is 5.73 Å². The van der Waals surface area contributed by atoms with Crippen LogP contribution in [0.15, 0.2) is 0 Å². The van der Waals surface area contributed by atoms with Gasteiger partial charge in [0.15, 0.2) is 5.78 Å². The molecule has 106 valence electrons. The molecule has 0 spiro atoms. The molecule has 1 fully saturated rings. The first kappa shape index (κ1) is 15.6. The number of hydrogen-bond donors (Lipinski definition) is 1. The van der Waals surface area contributed by atoms with Gasteiger partial charge in [0.2, 0.25) is 0 Å². The van der Waals surface area contributed by atoms with Crippen LogP contribution in [0, 0.1) is 11.8 Å². The van der Waals surface area contributed by atoms with E-state index >= 15 is 0 Å². The molecule has 0 bridgehead atoms. The van der Waals surface area contributed by atoms with Gasteiger partial charge in [-0.2, -0.15) is 0 Å². The molecule has 0 aliphatic heterocycles. The van der Waals surface area contributed by atoms with E-state index in [1.807, 2.05) is 13.8 Å². The van der Waals surface area contributed by atoms with Gasteiger partial charge < -0.3 is 5.73 Å². The first-order valence-electron chi connectivity index (χ1n) is 6.70. The van der Waals surface area contributed by atoms with Crippen LogP contribution in [0.3, 0.4) is 0 Å². The Morgan fingerprint density at radius 1 is 1.33 bits per heavy atom. The molecule has 0 amide bonds. The first-order chi connectivity index (χ1) is 8.21. The maximum atomic E-state index is 12.2. The van der Waals surface area contributed by atoms with Crippen LogP contribution in [0.2, 0.25) is 0 Å². The monoisotopic (exact) mass is 275 g/mol. The maximum absolute atomic E-state index is 12.2. The topological polar surface area (TPSA) is 77.2 Å². The van der Waals surface area contributed by atoms with E-state index in [1.54, 1.807) is 0 Å². The fourth-order valence-corrected chi connectivity index (χ4v) is 3.90. The Hall–Kier alpha value is -0.420. The third-order valence-electron chi connectivity index (χ3n) is 3.72. The van der Waals surface area contributed by atoms with Gasteiger partial charge in [-0.25, -0.2) is 8.42 Å². The van der Waals surface area contributed by atoms with E-state index in [2.05, 4.69) is 0 Å². The molecule has 0 aromatic rings. The molecule has 0 radical (unpaired) electrons. The van der Waals surface area contributed by atoms with Crippen LogP contribution in [0.4, 0.5) is 0 Å². The molecule has 18 heavy (non-hydrogen) atoms. The lowest BCUT2D eigenvalue weighted by Crippen LogP contribution is -2.40. The van der Waals surface area contributed by atoms with Crippen molar-refractivity contribution in [2.75, 3.05) is 6.26 Å². The van der Waals surface area contributed by atoms with Crippen LogP contribution in [0.5, 0.6) is 0 Å². The van der Waals surface area contributed by atoms with Gasteiger partial charge in [-0.05, 0) is 31.6 Å². The Morgan fingerprint density at radius 2 is 1.94 bits per heavy atom. The second-order valence-electron chi connectivity index (χ2n) is 5.95. The quantitative estimate of drug-likeness (QED) is 0.825. The number of nitrogens with two attached hydrogens (primary N) is 1. The Bertz CT molecular complexity index is 389. The minimum Gasteiger partial charge on any atom is -0.321 e. The lowest BCUT2D eigenvalue weighted by atomic mass is 9.82. The van der Waals surface area contributed by atoms with Crippen molar-refractivity contribution >= 4 is 15.6 Å². The highest BCUT2D eigenvalue weighted by Crippen LogP contribution is 2.30. The van der Waals surface area contributed by atoms with Crippen molar-refractivity contribution in [3.05, 3.63) is 0 Å². The van der Waals surface area contributed by atoms with Crippen molar-refractivity contribution in [2.45, 2.75) is 57.2 Å². The molecule has 1 aliphatic rings. The normalized spacial score (nSPS) is 27.2. The third-order valence-corrected chi connectivity index (χ3v) is 5.36. The summed E-state index contributed by atoms with van der Waals surface area (Å²) in [5.41, 5.74) is 5.90. The Kier molecular flexibility index (Phi) is 5.34. The number of ketones is 1. The van der Waals surface area contributed by atoms with Gasteiger partial charge in [-0.3, -0.25) is 4.79 Å². The Balaban J connectivity index is 2.64.